The molecule has 350 valence electrons. The molecule has 1 aliphatic carbocycles. The van der Waals surface area contributed by atoms with Crippen LogP contribution in [0.4, 0.5) is 0 Å². The molecule has 64 heavy (non-hydrogen) atoms. The number of nitrogens with one attached hydrogen (secondary N) is 2. The zero-order valence-corrected chi connectivity index (χ0v) is 38.5. The average Bonchev–Trinajstić information content (AvgIpc) is 3.51. The first-order valence-electron chi connectivity index (χ1n) is 21.2. The van der Waals surface area contributed by atoms with Gasteiger partial charge in [-0.25, -0.2) is 0 Å². The topological polar surface area (TPSA) is 261 Å². The van der Waals surface area contributed by atoms with Crippen molar-refractivity contribution in [3.63, 3.8) is 0 Å². The number of Topliss-reactive ketones (excluding diaryl/α,β-unsaturated/α-hetero) is 3. The molecule has 9 atom stereocenters. The summed E-state index contributed by atoms with van der Waals surface area (Å²) in [5.41, 5.74) is -1.80. The van der Waals surface area contributed by atoms with Crippen LogP contribution in [-0.2, 0) is 33.4 Å². The highest BCUT2D eigenvalue weighted by Crippen LogP contribution is 2.49. The molecule has 17 nitrogen and oxygen atoms in total. The number of aliphatic hydroxyl groups excluding tert-OH is 2. The normalized spacial score (nSPS) is 29.5. The number of aliphatic hydroxyl groups is 2. The van der Waals surface area contributed by atoms with Crippen molar-refractivity contribution in [2.45, 2.75) is 118 Å². The Kier molecular flexibility index (Phi) is 17.7. The molecule has 2 amide bonds. The van der Waals surface area contributed by atoms with E-state index in [1.807, 2.05) is 0 Å². The molecule has 4 aliphatic rings. The van der Waals surface area contributed by atoms with E-state index in [0.29, 0.717) is 25.8 Å². The van der Waals surface area contributed by atoms with Gasteiger partial charge in [-0.2, -0.15) is 0 Å². The molecule has 0 saturated heterocycles. The maximum absolute atomic E-state index is 14.7. The number of carboxylic acid groups (broad SMARTS) is 1. The fraction of sp³-hybridized carbons (Fsp3) is 0.543. The highest BCUT2D eigenvalue weighted by molar-refractivity contribution is 8.04. The summed E-state index contributed by atoms with van der Waals surface area (Å²) in [6, 6.07) is 0. The number of rotatable bonds is 12. The molecule has 0 fully saturated rings. The van der Waals surface area contributed by atoms with Gasteiger partial charge in [-0.15, -0.1) is 11.8 Å². The van der Waals surface area contributed by atoms with E-state index in [1.54, 1.807) is 33.8 Å². The summed E-state index contributed by atoms with van der Waals surface area (Å²) in [4.78, 5) is 92.8. The Balaban J connectivity index is 1.80. The molecule has 0 spiro atoms. The standard InChI is InChI=1S/C46H60N2O15S/c1-22-14-13-15-23(2)45(59)48-35-39(56)33-32(40(57)43(35)64-21-18-30(50)47-19-12-10-11-16-31(51)52)34-42(27(6)38(33)55)63-46(8,44(34)58)61-20-17-29(60-9)24(3)41(62-28(7)49)26(5)37(54)25(4)36(22)53/h13-15,17,20,22,24-26,29,36-37,41,53-55H,10-12,16,18-19,21H2,1-9H3,(H,47,50)(H,48,59)(H,51,52)/b14-13+,20-17+,23-15-. The van der Waals surface area contributed by atoms with Crippen LogP contribution in [0.15, 0.2) is 46.7 Å². The van der Waals surface area contributed by atoms with Gasteiger partial charge in [0.1, 0.15) is 23.3 Å². The Hall–Kier alpha value is -5.30. The third-order valence-corrected chi connectivity index (χ3v) is 13.0. The van der Waals surface area contributed by atoms with Crippen LogP contribution in [0.2, 0.25) is 0 Å². The van der Waals surface area contributed by atoms with Crippen LogP contribution < -0.4 is 15.4 Å². The first-order chi connectivity index (χ1) is 30.1. The van der Waals surface area contributed by atoms with Crippen LogP contribution >= 0.6 is 11.8 Å². The van der Waals surface area contributed by atoms with Gasteiger partial charge >= 0.3 is 17.7 Å². The van der Waals surface area contributed by atoms with Gasteiger partial charge < -0.3 is 50.0 Å². The minimum Gasteiger partial charge on any atom is -0.507 e. The number of aromatic hydroxyl groups is 1. The number of phenols is 1. The molecule has 1 aromatic rings. The summed E-state index contributed by atoms with van der Waals surface area (Å²) < 4.78 is 23.4. The molecular formula is C46H60N2O15S. The van der Waals surface area contributed by atoms with Gasteiger partial charge in [0.2, 0.25) is 17.5 Å². The highest BCUT2D eigenvalue weighted by Gasteiger charge is 2.53. The quantitative estimate of drug-likeness (QED) is 0.121. The van der Waals surface area contributed by atoms with Crippen molar-refractivity contribution < 1.29 is 72.9 Å². The summed E-state index contributed by atoms with van der Waals surface area (Å²) in [5, 5.41) is 48.5. The summed E-state index contributed by atoms with van der Waals surface area (Å²) in [6.45, 7) is 12.4. The van der Waals surface area contributed by atoms with Crippen molar-refractivity contribution in [2.24, 2.45) is 23.7 Å². The Morgan fingerprint density at radius 1 is 0.906 bits per heavy atom. The molecule has 5 bridgehead atoms. The molecule has 9 unspecified atom stereocenters. The number of allylic oxidation sites excluding steroid dienone is 4. The first-order valence-corrected chi connectivity index (χ1v) is 22.2. The number of hydrogen-bond acceptors (Lipinski definition) is 15. The molecule has 0 aromatic heterocycles. The van der Waals surface area contributed by atoms with Crippen molar-refractivity contribution in [1.82, 2.24) is 10.6 Å². The lowest BCUT2D eigenvalue weighted by atomic mass is 9.78. The van der Waals surface area contributed by atoms with Gasteiger partial charge in [0.15, 0.2) is 0 Å². The predicted molar refractivity (Wildman–Crippen MR) is 234 cm³/mol. The first kappa shape index (κ1) is 51.3. The second kappa shape index (κ2) is 22.1. The Morgan fingerprint density at radius 3 is 2.23 bits per heavy atom. The Morgan fingerprint density at radius 2 is 1.59 bits per heavy atom. The minimum atomic E-state index is -2.14. The number of esters is 1. The van der Waals surface area contributed by atoms with Crippen LogP contribution in [0.25, 0.3) is 0 Å². The fourth-order valence-corrected chi connectivity index (χ4v) is 8.95. The van der Waals surface area contributed by atoms with Gasteiger partial charge in [-0.3, -0.25) is 33.6 Å². The van der Waals surface area contributed by atoms with E-state index in [9.17, 15) is 48.9 Å². The zero-order valence-electron chi connectivity index (χ0n) is 37.6. The predicted octanol–water partition coefficient (Wildman–Crippen LogP) is 4.84. The molecule has 6 N–H and O–H groups in total. The third-order valence-electron chi connectivity index (χ3n) is 11.9. The number of benzene rings is 1. The van der Waals surface area contributed by atoms with Crippen LogP contribution in [0.3, 0.4) is 0 Å². The number of ether oxygens (including phenoxy) is 4. The molecule has 18 heteroatoms. The fourth-order valence-electron chi connectivity index (χ4n) is 7.94. The number of carbonyl (C=O) groups excluding carboxylic acids is 6. The molecular weight excluding hydrogens is 853 g/mol. The van der Waals surface area contributed by atoms with E-state index in [1.165, 1.54) is 53.0 Å². The van der Waals surface area contributed by atoms with E-state index >= 15 is 0 Å². The van der Waals surface area contributed by atoms with Crippen molar-refractivity contribution in [2.75, 3.05) is 19.4 Å². The summed E-state index contributed by atoms with van der Waals surface area (Å²) in [6.07, 6.45) is 4.57. The van der Waals surface area contributed by atoms with E-state index in [-0.39, 0.29) is 51.9 Å². The van der Waals surface area contributed by atoms with Crippen LogP contribution in [0.5, 0.6) is 11.5 Å². The van der Waals surface area contributed by atoms with Crippen molar-refractivity contribution in [1.29, 1.82) is 0 Å². The third kappa shape index (κ3) is 11.5. The van der Waals surface area contributed by atoms with E-state index in [4.69, 9.17) is 24.1 Å². The number of phenolic OH excluding ortho intramolecular Hbond substituents is 1. The molecule has 3 heterocycles. The lowest BCUT2D eigenvalue weighted by Gasteiger charge is -2.38. The Bertz CT molecular complexity index is 2140. The second-order valence-corrected chi connectivity index (χ2v) is 17.8. The van der Waals surface area contributed by atoms with Gasteiger partial charge in [-0.1, -0.05) is 52.3 Å². The number of fused-ring (bicyclic) bond motifs is 14. The number of carboxylic acids is 1. The lowest BCUT2D eigenvalue weighted by Crippen LogP contribution is -2.46. The molecule has 0 radical (unpaired) electrons. The van der Waals surface area contributed by atoms with E-state index < -0.39 is 112 Å². The zero-order chi connectivity index (χ0) is 47.8. The minimum absolute atomic E-state index is 0.0185. The summed E-state index contributed by atoms with van der Waals surface area (Å²) >= 11 is 0.797. The van der Waals surface area contributed by atoms with Crippen LogP contribution in [0, 0.1) is 30.6 Å². The maximum Gasteiger partial charge on any atom is 0.312 e. The number of aliphatic carboxylic acids is 1. The largest absolute Gasteiger partial charge is 0.507 e. The number of carbonyl (C=O) groups is 7. The number of hydrogen-bond donors (Lipinski definition) is 6. The number of methoxy groups -OCH3 is 1. The van der Waals surface area contributed by atoms with Gasteiger partial charge in [0.25, 0.3) is 11.7 Å². The van der Waals surface area contributed by atoms with Crippen molar-refractivity contribution in [3.8, 4) is 11.5 Å². The summed E-state index contributed by atoms with van der Waals surface area (Å²) in [5.74, 6) is -11.2. The van der Waals surface area contributed by atoms with Gasteiger partial charge in [0, 0.05) is 80.9 Å². The molecule has 1 aromatic carbocycles. The van der Waals surface area contributed by atoms with E-state index in [2.05, 4.69) is 10.6 Å². The monoisotopic (exact) mass is 912 g/mol. The SMILES string of the molecule is COC1/C=C/OC2(C)Oc3c(C)c(O)c4c(c3C2=O)C(=O)C(SCCC(=O)NCCCCCC(=O)O)=C(NC(=O)/C(C)=C\C=C\C(C)C(O)C(C)C(O)C(C)C(OC(C)=O)C1C)C4=O. The Labute approximate surface area is 376 Å². The van der Waals surface area contributed by atoms with E-state index in [0.717, 1.165) is 18.0 Å². The smallest absolute Gasteiger partial charge is 0.312 e. The van der Waals surface area contributed by atoms with Gasteiger partial charge in [0.05, 0.1) is 46.2 Å². The van der Waals surface area contributed by atoms with Crippen molar-refractivity contribution in [3.05, 3.63) is 69.0 Å². The van der Waals surface area contributed by atoms with Crippen LogP contribution in [0.1, 0.15) is 117 Å². The van der Waals surface area contributed by atoms with Gasteiger partial charge in [-0.05, 0) is 32.8 Å². The maximum atomic E-state index is 14.7. The number of ketones is 3. The van der Waals surface area contributed by atoms with Crippen LogP contribution in [-0.4, -0.2) is 111 Å². The molecule has 0 saturated carbocycles. The number of thioether (sulfide) groups is 1. The molecule has 5 rings (SSSR count). The average molecular weight is 913 g/mol. The lowest BCUT2D eigenvalue weighted by molar-refractivity contribution is -0.160. The number of unbranched alkanes of at least 4 members (excludes halogenated alkanes) is 2. The second-order valence-electron chi connectivity index (χ2n) is 16.6. The molecule has 3 aliphatic heterocycles. The van der Waals surface area contributed by atoms with Crippen molar-refractivity contribution >= 4 is 52.9 Å². The number of amides is 2. The summed E-state index contributed by atoms with van der Waals surface area (Å²) in [7, 11) is 1.40. The highest BCUT2D eigenvalue weighted by atomic mass is 32.2.